The highest BCUT2D eigenvalue weighted by Crippen LogP contribution is 2.20. The summed E-state index contributed by atoms with van der Waals surface area (Å²) in [5.41, 5.74) is 11.9. The van der Waals surface area contributed by atoms with E-state index in [0.717, 1.165) is 38.9 Å². The topological polar surface area (TPSA) is 93.8 Å². The number of hydrogen-bond acceptors (Lipinski definition) is 5. The van der Waals surface area contributed by atoms with Crippen LogP contribution in [0.2, 0.25) is 5.02 Å². The Labute approximate surface area is 185 Å². The standard InChI is InChI=1S/C24H22ClN5O/c1-14-7-23(26)30-15(2)20(14)13-29-24(31)22-10-17(5-6-27-22)8-16-3-4-21-18(9-16)11-19(25)12-28-21/h3-7,9-12H,8,13H2,1-2H3,(H2,26,30)(H,29,31). The molecule has 156 valence electrons. The van der Waals surface area contributed by atoms with Crippen molar-refractivity contribution in [3.05, 3.63) is 93.5 Å². The van der Waals surface area contributed by atoms with E-state index in [2.05, 4.69) is 26.3 Å². The molecule has 7 heteroatoms. The van der Waals surface area contributed by atoms with Gasteiger partial charge in [-0.15, -0.1) is 0 Å². The van der Waals surface area contributed by atoms with Gasteiger partial charge in [-0.3, -0.25) is 14.8 Å². The average Bonchev–Trinajstić information content (AvgIpc) is 2.72. The van der Waals surface area contributed by atoms with Gasteiger partial charge in [0.1, 0.15) is 11.5 Å². The molecule has 1 aromatic carbocycles. The minimum Gasteiger partial charge on any atom is -0.384 e. The summed E-state index contributed by atoms with van der Waals surface area (Å²) in [6, 6.07) is 13.5. The van der Waals surface area contributed by atoms with E-state index in [0.29, 0.717) is 29.5 Å². The van der Waals surface area contributed by atoms with E-state index in [1.807, 2.05) is 44.2 Å². The van der Waals surface area contributed by atoms with Crippen LogP contribution in [0.1, 0.15) is 38.4 Å². The van der Waals surface area contributed by atoms with Crippen molar-refractivity contribution >= 4 is 34.2 Å². The quantitative estimate of drug-likeness (QED) is 0.488. The van der Waals surface area contributed by atoms with Gasteiger partial charge in [0, 0.05) is 30.0 Å². The Hall–Kier alpha value is -3.51. The molecule has 0 aliphatic rings. The predicted octanol–water partition coefficient (Wildman–Crippen LogP) is 4.40. The van der Waals surface area contributed by atoms with E-state index in [4.69, 9.17) is 17.3 Å². The largest absolute Gasteiger partial charge is 0.384 e. The molecule has 0 spiro atoms. The van der Waals surface area contributed by atoms with Crippen LogP contribution < -0.4 is 11.1 Å². The molecule has 0 radical (unpaired) electrons. The van der Waals surface area contributed by atoms with E-state index < -0.39 is 0 Å². The van der Waals surface area contributed by atoms with Gasteiger partial charge in [-0.1, -0.05) is 17.7 Å². The first kappa shape index (κ1) is 20.8. The number of hydrogen-bond donors (Lipinski definition) is 2. The van der Waals surface area contributed by atoms with Crippen LogP contribution in [0.25, 0.3) is 10.9 Å². The Morgan fingerprint density at radius 2 is 1.87 bits per heavy atom. The molecule has 0 saturated carbocycles. The van der Waals surface area contributed by atoms with Crippen molar-refractivity contribution < 1.29 is 4.79 Å². The van der Waals surface area contributed by atoms with Crippen LogP contribution in [-0.2, 0) is 13.0 Å². The highest BCUT2D eigenvalue weighted by Gasteiger charge is 2.11. The van der Waals surface area contributed by atoms with Crippen LogP contribution in [0.15, 0.2) is 54.9 Å². The molecular formula is C24H22ClN5O. The normalized spacial score (nSPS) is 10.9. The Kier molecular flexibility index (Phi) is 5.82. The summed E-state index contributed by atoms with van der Waals surface area (Å²) in [7, 11) is 0. The molecule has 3 aromatic heterocycles. The van der Waals surface area contributed by atoms with E-state index in [9.17, 15) is 4.79 Å². The molecule has 0 unspecified atom stereocenters. The van der Waals surface area contributed by atoms with Crippen molar-refractivity contribution in [1.82, 2.24) is 20.3 Å². The fourth-order valence-electron chi connectivity index (χ4n) is 3.62. The molecule has 4 aromatic rings. The van der Waals surface area contributed by atoms with Crippen molar-refractivity contribution in [2.45, 2.75) is 26.8 Å². The van der Waals surface area contributed by atoms with Crippen molar-refractivity contribution in [3.8, 4) is 0 Å². The maximum absolute atomic E-state index is 12.7. The smallest absolute Gasteiger partial charge is 0.270 e. The third-order valence-electron chi connectivity index (χ3n) is 5.18. The molecule has 0 aliphatic heterocycles. The first-order valence-electron chi connectivity index (χ1n) is 9.89. The number of carbonyl (C=O) groups is 1. The van der Waals surface area contributed by atoms with Gasteiger partial charge in [0.25, 0.3) is 5.91 Å². The van der Waals surface area contributed by atoms with Crippen molar-refractivity contribution in [3.63, 3.8) is 0 Å². The van der Waals surface area contributed by atoms with Crippen LogP contribution >= 0.6 is 11.6 Å². The molecule has 0 atom stereocenters. The van der Waals surface area contributed by atoms with Gasteiger partial charge in [-0.25, -0.2) is 4.98 Å². The number of nitrogens with zero attached hydrogens (tertiary/aromatic N) is 3. The number of nitrogens with two attached hydrogens (primary N) is 1. The number of nitrogens with one attached hydrogen (secondary N) is 1. The highest BCUT2D eigenvalue weighted by atomic mass is 35.5. The van der Waals surface area contributed by atoms with Gasteiger partial charge >= 0.3 is 0 Å². The van der Waals surface area contributed by atoms with Crippen LogP contribution in [-0.4, -0.2) is 20.9 Å². The lowest BCUT2D eigenvalue weighted by atomic mass is 10.0. The summed E-state index contributed by atoms with van der Waals surface area (Å²) in [6.07, 6.45) is 3.97. The van der Waals surface area contributed by atoms with Crippen LogP contribution in [0.4, 0.5) is 5.82 Å². The summed E-state index contributed by atoms with van der Waals surface area (Å²) in [4.78, 5) is 25.5. The fraction of sp³-hybridized carbons (Fsp3) is 0.167. The number of fused-ring (bicyclic) bond motifs is 1. The van der Waals surface area contributed by atoms with Gasteiger partial charge in [0.2, 0.25) is 0 Å². The Balaban J connectivity index is 1.48. The summed E-state index contributed by atoms with van der Waals surface area (Å²) in [5, 5.41) is 4.52. The first-order valence-corrected chi connectivity index (χ1v) is 10.3. The number of carbonyl (C=O) groups excluding carboxylic acids is 1. The number of nitrogen functional groups attached to an aromatic ring is 1. The van der Waals surface area contributed by atoms with Crippen molar-refractivity contribution in [1.29, 1.82) is 0 Å². The Morgan fingerprint density at radius 1 is 1.06 bits per heavy atom. The monoisotopic (exact) mass is 431 g/mol. The summed E-state index contributed by atoms with van der Waals surface area (Å²) in [6.45, 7) is 4.21. The SMILES string of the molecule is Cc1cc(N)nc(C)c1CNC(=O)c1cc(Cc2ccc3ncc(Cl)cc3c2)ccn1. The highest BCUT2D eigenvalue weighted by molar-refractivity contribution is 6.31. The van der Waals surface area contributed by atoms with Gasteiger partial charge in [0.15, 0.2) is 0 Å². The van der Waals surface area contributed by atoms with Crippen LogP contribution in [0.3, 0.4) is 0 Å². The Bertz CT molecular complexity index is 1270. The zero-order chi connectivity index (χ0) is 22.0. The lowest BCUT2D eigenvalue weighted by Gasteiger charge is -2.11. The summed E-state index contributed by atoms with van der Waals surface area (Å²) in [5.74, 6) is 0.248. The van der Waals surface area contributed by atoms with Gasteiger partial charge < -0.3 is 11.1 Å². The van der Waals surface area contributed by atoms with E-state index in [-0.39, 0.29) is 5.91 Å². The second kappa shape index (κ2) is 8.70. The maximum atomic E-state index is 12.7. The molecule has 1 amide bonds. The van der Waals surface area contributed by atoms with E-state index in [1.165, 1.54) is 0 Å². The average molecular weight is 432 g/mol. The molecule has 0 saturated heterocycles. The number of rotatable bonds is 5. The predicted molar refractivity (Wildman–Crippen MR) is 123 cm³/mol. The van der Waals surface area contributed by atoms with E-state index in [1.54, 1.807) is 18.5 Å². The molecule has 0 aliphatic carbocycles. The number of halogens is 1. The van der Waals surface area contributed by atoms with Crippen LogP contribution in [0.5, 0.6) is 0 Å². The molecule has 3 heterocycles. The fourth-order valence-corrected chi connectivity index (χ4v) is 3.79. The lowest BCUT2D eigenvalue weighted by molar-refractivity contribution is 0.0945. The molecular weight excluding hydrogens is 410 g/mol. The molecule has 0 bridgehead atoms. The number of pyridine rings is 3. The molecule has 3 N–H and O–H groups in total. The third-order valence-corrected chi connectivity index (χ3v) is 5.38. The van der Waals surface area contributed by atoms with Gasteiger partial charge in [-0.05, 0) is 78.9 Å². The first-order chi connectivity index (χ1) is 14.9. The summed E-state index contributed by atoms with van der Waals surface area (Å²) < 4.78 is 0. The zero-order valence-corrected chi connectivity index (χ0v) is 18.1. The lowest BCUT2D eigenvalue weighted by Crippen LogP contribution is -2.25. The molecule has 4 rings (SSSR count). The third kappa shape index (κ3) is 4.81. The number of aromatic nitrogens is 3. The minimum absolute atomic E-state index is 0.230. The maximum Gasteiger partial charge on any atom is 0.270 e. The Morgan fingerprint density at radius 3 is 2.68 bits per heavy atom. The number of anilines is 1. The van der Waals surface area contributed by atoms with E-state index >= 15 is 0 Å². The van der Waals surface area contributed by atoms with Gasteiger partial charge in [0.05, 0.1) is 10.5 Å². The number of amides is 1. The molecule has 0 fully saturated rings. The number of aryl methyl sites for hydroxylation is 2. The van der Waals surface area contributed by atoms with Crippen LogP contribution in [0, 0.1) is 13.8 Å². The van der Waals surface area contributed by atoms with Crippen molar-refractivity contribution in [2.75, 3.05) is 5.73 Å². The zero-order valence-electron chi connectivity index (χ0n) is 17.3. The minimum atomic E-state index is -0.230. The second-order valence-electron chi connectivity index (χ2n) is 7.52. The second-order valence-corrected chi connectivity index (χ2v) is 7.95. The summed E-state index contributed by atoms with van der Waals surface area (Å²) >= 11 is 6.06. The molecule has 31 heavy (non-hydrogen) atoms. The van der Waals surface area contributed by atoms with Crippen molar-refractivity contribution in [2.24, 2.45) is 0 Å². The molecule has 6 nitrogen and oxygen atoms in total. The number of benzene rings is 1. The van der Waals surface area contributed by atoms with Gasteiger partial charge in [-0.2, -0.15) is 0 Å².